The van der Waals surface area contributed by atoms with Crippen LogP contribution in [-0.4, -0.2) is 17.6 Å². The Bertz CT molecular complexity index is 539. The number of hydrogen-bond donors (Lipinski definition) is 2. The second-order valence-electron chi connectivity index (χ2n) is 5.05. The third-order valence-corrected chi connectivity index (χ3v) is 3.74. The molecule has 0 spiro atoms. The van der Waals surface area contributed by atoms with Gasteiger partial charge in [-0.3, -0.25) is 4.79 Å². The number of aliphatic hydroxyl groups is 1. The topological polar surface area (TPSA) is 49.3 Å². The van der Waals surface area contributed by atoms with Crippen LogP contribution in [0.2, 0.25) is 5.02 Å². The summed E-state index contributed by atoms with van der Waals surface area (Å²) >= 11 is 5.93. The number of anilines is 1. The van der Waals surface area contributed by atoms with Crippen LogP contribution in [0.5, 0.6) is 0 Å². The van der Waals surface area contributed by atoms with Crippen molar-refractivity contribution < 1.29 is 9.90 Å². The van der Waals surface area contributed by atoms with Gasteiger partial charge in [0.1, 0.15) is 6.61 Å². The molecule has 0 aliphatic heterocycles. The van der Waals surface area contributed by atoms with Crippen molar-refractivity contribution >= 4 is 23.2 Å². The second kappa shape index (κ2) is 7.33. The van der Waals surface area contributed by atoms with Gasteiger partial charge in [0, 0.05) is 17.0 Å². The lowest BCUT2D eigenvalue weighted by Gasteiger charge is -2.11. The molecular formula is C16H18ClNO2. The molecule has 1 aromatic carbocycles. The number of nitrogens with one attached hydrogen (secondary N) is 1. The molecule has 0 unspecified atom stereocenters. The van der Waals surface area contributed by atoms with Crippen molar-refractivity contribution in [2.24, 2.45) is 5.92 Å². The summed E-state index contributed by atoms with van der Waals surface area (Å²) in [7, 11) is 0. The standard InChI is InChI=1S/C16H18ClNO2/c17-14-7-8-15(13(11-14)6-3-9-19)18-16(20)10-12-4-1-2-5-12/h7-8,11-12,19H,1-2,4-5,9-10H2,(H,18,20). The highest BCUT2D eigenvalue weighted by Crippen LogP contribution is 2.28. The maximum absolute atomic E-state index is 12.0. The molecule has 3 nitrogen and oxygen atoms in total. The lowest BCUT2D eigenvalue weighted by molar-refractivity contribution is -0.117. The summed E-state index contributed by atoms with van der Waals surface area (Å²) in [5.74, 6) is 5.91. The molecule has 1 aliphatic carbocycles. The van der Waals surface area contributed by atoms with Gasteiger partial charge in [-0.25, -0.2) is 0 Å². The predicted octanol–water partition coefficient (Wildman–Crippen LogP) is 3.20. The number of benzene rings is 1. The zero-order valence-corrected chi connectivity index (χ0v) is 12.0. The van der Waals surface area contributed by atoms with Gasteiger partial charge in [-0.2, -0.15) is 0 Å². The molecule has 1 saturated carbocycles. The van der Waals surface area contributed by atoms with Gasteiger partial charge in [0.2, 0.25) is 5.91 Å². The van der Waals surface area contributed by atoms with Crippen molar-refractivity contribution in [3.05, 3.63) is 28.8 Å². The van der Waals surface area contributed by atoms with Crippen LogP contribution < -0.4 is 5.32 Å². The first-order chi connectivity index (χ1) is 9.69. The fourth-order valence-electron chi connectivity index (χ4n) is 2.54. The molecule has 1 fully saturated rings. The highest BCUT2D eigenvalue weighted by atomic mass is 35.5. The van der Waals surface area contributed by atoms with Crippen LogP contribution >= 0.6 is 11.6 Å². The molecule has 0 atom stereocenters. The zero-order valence-electron chi connectivity index (χ0n) is 11.3. The molecular weight excluding hydrogens is 274 g/mol. The first kappa shape index (κ1) is 14.9. The Labute approximate surface area is 124 Å². The Morgan fingerprint density at radius 3 is 2.85 bits per heavy atom. The first-order valence-electron chi connectivity index (χ1n) is 6.88. The molecule has 0 heterocycles. The van der Waals surface area contributed by atoms with E-state index in [-0.39, 0.29) is 12.5 Å². The lowest BCUT2D eigenvalue weighted by atomic mass is 10.0. The Morgan fingerprint density at radius 1 is 1.40 bits per heavy atom. The van der Waals surface area contributed by atoms with Crippen molar-refractivity contribution in [2.75, 3.05) is 11.9 Å². The Hall–Kier alpha value is -1.50. The van der Waals surface area contributed by atoms with Crippen LogP contribution in [0.3, 0.4) is 0 Å². The average Bonchev–Trinajstić information content (AvgIpc) is 2.91. The van der Waals surface area contributed by atoms with E-state index >= 15 is 0 Å². The zero-order chi connectivity index (χ0) is 14.4. The van der Waals surface area contributed by atoms with E-state index in [9.17, 15) is 4.79 Å². The Balaban J connectivity index is 2.05. The van der Waals surface area contributed by atoms with Crippen LogP contribution in [-0.2, 0) is 4.79 Å². The van der Waals surface area contributed by atoms with E-state index in [4.69, 9.17) is 16.7 Å². The van der Waals surface area contributed by atoms with E-state index < -0.39 is 0 Å². The van der Waals surface area contributed by atoms with Crippen LogP contribution in [0.25, 0.3) is 0 Å². The van der Waals surface area contributed by atoms with Crippen molar-refractivity contribution in [1.82, 2.24) is 0 Å². The largest absolute Gasteiger partial charge is 0.384 e. The molecule has 20 heavy (non-hydrogen) atoms. The van der Waals surface area contributed by atoms with Crippen LogP contribution in [0.1, 0.15) is 37.7 Å². The molecule has 0 aromatic heterocycles. The summed E-state index contributed by atoms with van der Waals surface area (Å²) in [5, 5.41) is 12.2. The fraction of sp³-hybridized carbons (Fsp3) is 0.438. The van der Waals surface area contributed by atoms with E-state index in [0.29, 0.717) is 28.6 Å². The lowest BCUT2D eigenvalue weighted by Crippen LogP contribution is -2.15. The van der Waals surface area contributed by atoms with E-state index in [0.717, 1.165) is 12.8 Å². The Morgan fingerprint density at radius 2 is 2.15 bits per heavy atom. The highest BCUT2D eigenvalue weighted by molar-refractivity contribution is 6.30. The monoisotopic (exact) mass is 291 g/mol. The maximum Gasteiger partial charge on any atom is 0.224 e. The minimum atomic E-state index is -0.220. The number of hydrogen-bond acceptors (Lipinski definition) is 2. The SMILES string of the molecule is O=C(CC1CCCC1)Nc1ccc(Cl)cc1C#CCO. The highest BCUT2D eigenvalue weighted by Gasteiger charge is 2.18. The van der Waals surface area contributed by atoms with Crippen molar-refractivity contribution in [2.45, 2.75) is 32.1 Å². The average molecular weight is 292 g/mol. The van der Waals surface area contributed by atoms with Gasteiger partial charge in [-0.05, 0) is 37.0 Å². The van der Waals surface area contributed by atoms with Gasteiger partial charge >= 0.3 is 0 Å². The minimum Gasteiger partial charge on any atom is -0.384 e. The van der Waals surface area contributed by atoms with E-state index in [1.807, 2.05) is 0 Å². The molecule has 1 aliphatic rings. The quantitative estimate of drug-likeness (QED) is 0.840. The summed E-state index contributed by atoms with van der Waals surface area (Å²) in [4.78, 5) is 12.0. The van der Waals surface area contributed by atoms with Crippen molar-refractivity contribution in [3.8, 4) is 11.8 Å². The number of carbonyl (C=O) groups excluding carboxylic acids is 1. The number of halogens is 1. The summed E-state index contributed by atoms with van der Waals surface area (Å²) in [6, 6.07) is 5.16. The van der Waals surface area contributed by atoms with Gasteiger partial charge in [-0.1, -0.05) is 36.3 Å². The van der Waals surface area contributed by atoms with Crippen molar-refractivity contribution in [1.29, 1.82) is 0 Å². The van der Waals surface area contributed by atoms with Gasteiger partial charge in [0.25, 0.3) is 0 Å². The molecule has 0 radical (unpaired) electrons. The number of carbonyl (C=O) groups is 1. The van der Waals surface area contributed by atoms with Gasteiger partial charge in [-0.15, -0.1) is 0 Å². The van der Waals surface area contributed by atoms with Gasteiger partial charge in [0.05, 0.1) is 5.69 Å². The maximum atomic E-state index is 12.0. The number of amides is 1. The number of rotatable bonds is 3. The predicted molar refractivity (Wildman–Crippen MR) is 80.6 cm³/mol. The van der Waals surface area contributed by atoms with E-state index in [1.54, 1.807) is 18.2 Å². The molecule has 0 bridgehead atoms. The third kappa shape index (κ3) is 4.26. The molecule has 106 valence electrons. The van der Waals surface area contributed by atoms with E-state index in [2.05, 4.69) is 17.2 Å². The molecule has 2 N–H and O–H groups in total. The fourth-order valence-corrected chi connectivity index (χ4v) is 2.71. The van der Waals surface area contributed by atoms with Crippen LogP contribution in [0.15, 0.2) is 18.2 Å². The van der Waals surface area contributed by atoms with Crippen LogP contribution in [0.4, 0.5) is 5.69 Å². The molecule has 0 saturated heterocycles. The first-order valence-corrected chi connectivity index (χ1v) is 7.26. The van der Waals surface area contributed by atoms with Gasteiger partial charge in [0.15, 0.2) is 0 Å². The molecule has 1 aromatic rings. The molecule has 2 rings (SSSR count). The normalized spacial score (nSPS) is 14.7. The van der Waals surface area contributed by atoms with Crippen molar-refractivity contribution in [3.63, 3.8) is 0 Å². The van der Waals surface area contributed by atoms with E-state index in [1.165, 1.54) is 12.8 Å². The molecule has 4 heteroatoms. The second-order valence-corrected chi connectivity index (χ2v) is 5.49. The van der Waals surface area contributed by atoms with Crippen LogP contribution in [0, 0.1) is 17.8 Å². The third-order valence-electron chi connectivity index (χ3n) is 3.51. The summed E-state index contributed by atoms with van der Waals surface area (Å²) in [6.45, 7) is -0.220. The van der Waals surface area contributed by atoms with Gasteiger partial charge < -0.3 is 10.4 Å². The minimum absolute atomic E-state index is 0.0197. The number of aliphatic hydroxyl groups excluding tert-OH is 1. The Kier molecular flexibility index (Phi) is 5.46. The summed E-state index contributed by atoms with van der Waals surface area (Å²) in [6.07, 6.45) is 5.31. The summed E-state index contributed by atoms with van der Waals surface area (Å²) < 4.78 is 0. The molecule has 1 amide bonds. The summed E-state index contributed by atoms with van der Waals surface area (Å²) in [5.41, 5.74) is 1.28. The smallest absolute Gasteiger partial charge is 0.224 e.